The predicted molar refractivity (Wildman–Crippen MR) is 108 cm³/mol. The number of hydrogen-bond acceptors (Lipinski definition) is 2. The number of nitrogens with zero attached hydrogens (tertiary/aromatic N) is 2. The molecule has 0 atom stereocenters. The van der Waals surface area contributed by atoms with Gasteiger partial charge in [0, 0.05) is 11.1 Å². The van der Waals surface area contributed by atoms with E-state index in [9.17, 15) is 0 Å². The van der Waals surface area contributed by atoms with Crippen LogP contribution < -0.4 is 0 Å². The summed E-state index contributed by atoms with van der Waals surface area (Å²) in [4.78, 5) is 0. The van der Waals surface area contributed by atoms with Crippen LogP contribution in [0.25, 0.3) is 44.1 Å². The van der Waals surface area contributed by atoms with E-state index < -0.39 is 0 Å². The van der Waals surface area contributed by atoms with Crippen molar-refractivity contribution in [3.63, 3.8) is 0 Å². The molecule has 0 spiro atoms. The van der Waals surface area contributed by atoms with Crippen LogP contribution in [0.15, 0.2) is 97.1 Å². The van der Waals surface area contributed by atoms with Crippen molar-refractivity contribution in [2.45, 2.75) is 0 Å². The fraction of sp³-hybridized carbons (Fsp3) is 0. The first-order chi connectivity index (χ1) is 12.9. The molecule has 0 unspecified atom stereocenters. The first-order valence-corrected chi connectivity index (χ1v) is 8.69. The van der Waals surface area contributed by atoms with Gasteiger partial charge in [0.15, 0.2) is 0 Å². The molecule has 0 aliphatic carbocycles. The Morgan fingerprint density at radius 3 is 1.23 bits per heavy atom. The van der Waals surface area contributed by atoms with Crippen LogP contribution in [0, 0.1) is 0 Å². The van der Waals surface area contributed by atoms with Gasteiger partial charge in [-0.1, -0.05) is 72.8 Å². The summed E-state index contributed by atoms with van der Waals surface area (Å²) >= 11 is 0. The van der Waals surface area contributed by atoms with Crippen LogP contribution in [0.2, 0.25) is 0 Å². The molecular weight excluding hydrogens is 316 g/mol. The smallest absolute Gasteiger partial charge is 0.0930 e. The van der Waals surface area contributed by atoms with E-state index in [-0.39, 0.29) is 0 Å². The lowest BCUT2D eigenvalue weighted by Crippen LogP contribution is -1.91. The van der Waals surface area contributed by atoms with E-state index in [1.165, 1.54) is 21.5 Å². The Hall–Kier alpha value is -3.52. The van der Waals surface area contributed by atoms with Crippen molar-refractivity contribution in [3.05, 3.63) is 97.1 Å². The van der Waals surface area contributed by atoms with E-state index in [1.54, 1.807) is 0 Å². The van der Waals surface area contributed by atoms with E-state index in [0.717, 1.165) is 22.5 Å². The predicted octanol–water partition coefficient (Wildman–Crippen LogP) is 6.12. The van der Waals surface area contributed by atoms with E-state index in [1.807, 2.05) is 12.1 Å². The molecule has 1 aromatic heterocycles. The normalized spacial score (nSPS) is 11.1. The zero-order valence-electron chi connectivity index (χ0n) is 14.1. The van der Waals surface area contributed by atoms with Crippen LogP contribution in [0.1, 0.15) is 0 Å². The van der Waals surface area contributed by atoms with Gasteiger partial charge in [0.1, 0.15) is 0 Å². The molecule has 0 aliphatic heterocycles. The van der Waals surface area contributed by atoms with Gasteiger partial charge in [-0.15, -0.1) is 10.2 Å². The number of benzene rings is 4. The topological polar surface area (TPSA) is 25.8 Å². The Bertz CT molecular complexity index is 1130. The third-order valence-electron chi connectivity index (χ3n) is 4.76. The van der Waals surface area contributed by atoms with Crippen molar-refractivity contribution in [3.8, 4) is 22.5 Å². The minimum atomic E-state index is 0.889. The van der Waals surface area contributed by atoms with Crippen LogP contribution in [0.4, 0.5) is 0 Å². The van der Waals surface area contributed by atoms with Crippen molar-refractivity contribution in [2.24, 2.45) is 0 Å². The summed E-state index contributed by atoms with van der Waals surface area (Å²) in [6, 6.07) is 33.6. The minimum Gasteiger partial charge on any atom is -0.150 e. The monoisotopic (exact) mass is 332 g/mol. The Labute approximate surface area is 151 Å². The van der Waals surface area contributed by atoms with Crippen LogP contribution in [-0.2, 0) is 0 Å². The molecule has 0 bridgehead atoms. The fourth-order valence-electron chi connectivity index (χ4n) is 3.34. The highest BCUT2D eigenvalue weighted by molar-refractivity contribution is 5.88. The molecule has 1 heterocycles. The number of rotatable bonds is 2. The van der Waals surface area contributed by atoms with Gasteiger partial charge in [0.25, 0.3) is 0 Å². The third-order valence-corrected chi connectivity index (χ3v) is 4.76. The van der Waals surface area contributed by atoms with E-state index >= 15 is 0 Å². The minimum absolute atomic E-state index is 0.889. The molecule has 0 N–H and O–H groups in total. The molecular formula is C24H16N2. The average molecular weight is 332 g/mol. The molecule has 2 nitrogen and oxygen atoms in total. The first-order valence-electron chi connectivity index (χ1n) is 8.69. The summed E-state index contributed by atoms with van der Waals surface area (Å²) in [6.45, 7) is 0. The van der Waals surface area contributed by atoms with Crippen LogP contribution in [0.3, 0.4) is 0 Å². The van der Waals surface area contributed by atoms with Gasteiger partial charge in [-0.2, -0.15) is 0 Å². The highest BCUT2D eigenvalue weighted by Crippen LogP contribution is 2.26. The van der Waals surface area contributed by atoms with E-state index in [0.29, 0.717) is 0 Å². The maximum atomic E-state index is 4.46. The van der Waals surface area contributed by atoms with Gasteiger partial charge in [-0.05, 0) is 45.8 Å². The van der Waals surface area contributed by atoms with Gasteiger partial charge >= 0.3 is 0 Å². The van der Waals surface area contributed by atoms with Gasteiger partial charge in [0.05, 0.1) is 11.4 Å². The Balaban J connectivity index is 1.52. The fourth-order valence-corrected chi connectivity index (χ4v) is 3.34. The van der Waals surface area contributed by atoms with Crippen molar-refractivity contribution >= 4 is 21.5 Å². The molecule has 26 heavy (non-hydrogen) atoms. The van der Waals surface area contributed by atoms with Gasteiger partial charge in [0.2, 0.25) is 0 Å². The van der Waals surface area contributed by atoms with Gasteiger partial charge in [-0.3, -0.25) is 0 Å². The molecule has 0 amide bonds. The SMILES string of the molecule is c1ccc2cc(-c3ccc(-c4ccc5ccccc5c4)nn3)ccc2c1. The third kappa shape index (κ3) is 2.62. The molecule has 4 aromatic carbocycles. The second-order valence-corrected chi connectivity index (χ2v) is 6.43. The molecule has 0 saturated heterocycles. The second-order valence-electron chi connectivity index (χ2n) is 6.43. The van der Waals surface area contributed by atoms with Crippen LogP contribution in [0.5, 0.6) is 0 Å². The zero-order valence-corrected chi connectivity index (χ0v) is 14.1. The van der Waals surface area contributed by atoms with E-state index in [4.69, 9.17) is 0 Å². The lowest BCUT2D eigenvalue weighted by molar-refractivity contribution is 1.05. The summed E-state index contributed by atoms with van der Waals surface area (Å²) in [7, 11) is 0. The summed E-state index contributed by atoms with van der Waals surface area (Å²) in [6.07, 6.45) is 0. The molecule has 0 fully saturated rings. The maximum absolute atomic E-state index is 4.46. The van der Waals surface area contributed by atoms with Gasteiger partial charge < -0.3 is 0 Å². The molecule has 2 heteroatoms. The summed E-state index contributed by atoms with van der Waals surface area (Å²) < 4.78 is 0. The Kier molecular flexibility index (Phi) is 3.46. The molecule has 5 rings (SSSR count). The van der Waals surface area contributed by atoms with Crippen LogP contribution >= 0.6 is 0 Å². The van der Waals surface area contributed by atoms with Crippen molar-refractivity contribution in [1.82, 2.24) is 10.2 Å². The standard InChI is InChI=1S/C24H16N2/c1-3-7-19-15-21(11-9-17(19)5-1)23-13-14-24(26-25-23)22-12-10-18-6-2-4-8-20(18)16-22/h1-16H. The van der Waals surface area contributed by atoms with E-state index in [2.05, 4.69) is 95.1 Å². The lowest BCUT2D eigenvalue weighted by atomic mass is 10.0. The molecule has 0 radical (unpaired) electrons. The highest BCUT2D eigenvalue weighted by Gasteiger charge is 2.05. The molecule has 0 aliphatic rings. The van der Waals surface area contributed by atoms with Crippen molar-refractivity contribution in [2.75, 3.05) is 0 Å². The highest BCUT2D eigenvalue weighted by atomic mass is 15.1. The Morgan fingerprint density at radius 2 is 0.808 bits per heavy atom. The summed E-state index contributed by atoms with van der Waals surface area (Å²) in [5.41, 5.74) is 3.95. The molecule has 5 aromatic rings. The molecule has 0 saturated carbocycles. The second kappa shape index (κ2) is 6.08. The zero-order chi connectivity index (χ0) is 17.3. The van der Waals surface area contributed by atoms with Crippen LogP contribution in [-0.4, -0.2) is 10.2 Å². The maximum Gasteiger partial charge on any atom is 0.0930 e. The van der Waals surface area contributed by atoms with Crippen molar-refractivity contribution < 1.29 is 0 Å². The largest absolute Gasteiger partial charge is 0.150 e. The lowest BCUT2D eigenvalue weighted by Gasteiger charge is -2.06. The Morgan fingerprint density at radius 1 is 0.385 bits per heavy atom. The quantitative estimate of drug-likeness (QED) is 0.389. The van der Waals surface area contributed by atoms with Gasteiger partial charge in [-0.25, -0.2) is 0 Å². The number of hydrogen-bond donors (Lipinski definition) is 0. The van der Waals surface area contributed by atoms with Crippen molar-refractivity contribution in [1.29, 1.82) is 0 Å². The summed E-state index contributed by atoms with van der Waals surface area (Å²) in [5.74, 6) is 0. The summed E-state index contributed by atoms with van der Waals surface area (Å²) in [5, 5.41) is 13.8. The number of aromatic nitrogens is 2. The number of fused-ring (bicyclic) bond motifs is 2. The average Bonchev–Trinajstić information content (AvgIpc) is 2.73. The molecule has 122 valence electrons. The first kappa shape index (κ1) is 14.8.